The normalized spacial score (nSPS) is 16.0. The number of carboxylic acids is 1. The topological polar surface area (TPSA) is 94.6 Å². The van der Waals surface area contributed by atoms with Crippen LogP contribution < -0.4 is 15.9 Å². The van der Waals surface area contributed by atoms with E-state index in [1.54, 1.807) is 13.8 Å². The van der Waals surface area contributed by atoms with Crippen LogP contribution in [0.25, 0.3) is 10.9 Å². The summed E-state index contributed by atoms with van der Waals surface area (Å²) in [5.74, 6) is -4.60. The molecule has 1 aromatic heterocycles. The third-order valence-corrected chi connectivity index (χ3v) is 4.16. The van der Waals surface area contributed by atoms with Crippen LogP contribution in [-0.4, -0.2) is 22.2 Å². The highest BCUT2D eigenvalue weighted by molar-refractivity contribution is 6.00. The molecule has 0 atom stereocenters. The Morgan fingerprint density at radius 1 is 1.39 bits per heavy atom. The van der Waals surface area contributed by atoms with E-state index in [0.29, 0.717) is 6.42 Å². The fraction of sp³-hybridized carbons (Fsp3) is 0.333. The average Bonchev–Trinajstić information content (AvgIpc) is 2.59. The van der Waals surface area contributed by atoms with Gasteiger partial charge in [-0.2, -0.15) is 4.39 Å². The maximum Gasteiger partial charge on any atom is 0.341 e. The number of nitrogen functional groups attached to an aromatic ring is 1. The van der Waals surface area contributed by atoms with Crippen LogP contribution in [0.2, 0.25) is 0 Å². The molecule has 8 heteroatoms. The molecule has 23 heavy (non-hydrogen) atoms. The van der Waals surface area contributed by atoms with Gasteiger partial charge in [-0.05, 0) is 13.8 Å². The molecule has 0 amide bonds. The van der Waals surface area contributed by atoms with Gasteiger partial charge in [-0.25, -0.2) is 9.18 Å². The standard InChI is InChI=1S/C15H14F2N2O4/c1-15(2)3-4-23-13-9(17)8(16)10(18)7-11(13)19(15)5-6(12(7)20)14(21)22/h5H,3-4,18H2,1-2H3,(H,21,22). The minimum Gasteiger partial charge on any atom is -0.488 e. The van der Waals surface area contributed by atoms with E-state index in [4.69, 9.17) is 10.5 Å². The first-order valence-corrected chi connectivity index (χ1v) is 6.89. The van der Waals surface area contributed by atoms with E-state index < -0.39 is 45.6 Å². The summed E-state index contributed by atoms with van der Waals surface area (Å²) >= 11 is 0. The van der Waals surface area contributed by atoms with Crippen LogP contribution in [0.3, 0.4) is 0 Å². The highest BCUT2D eigenvalue weighted by Gasteiger charge is 2.33. The maximum atomic E-state index is 14.2. The third-order valence-electron chi connectivity index (χ3n) is 4.16. The Bertz CT molecular complexity index is 918. The molecule has 2 heterocycles. The molecule has 0 aliphatic carbocycles. The summed E-state index contributed by atoms with van der Waals surface area (Å²) in [7, 11) is 0. The largest absolute Gasteiger partial charge is 0.488 e. The van der Waals surface area contributed by atoms with E-state index in [1.807, 2.05) is 0 Å². The summed E-state index contributed by atoms with van der Waals surface area (Å²) in [6.07, 6.45) is 1.53. The lowest BCUT2D eigenvalue weighted by Gasteiger charge is -2.28. The van der Waals surface area contributed by atoms with Gasteiger partial charge in [0.25, 0.3) is 0 Å². The number of pyridine rings is 1. The Labute approximate surface area is 129 Å². The number of nitrogens with zero attached hydrogens (tertiary/aromatic N) is 1. The second-order valence-electron chi connectivity index (χ2n) is 6.05. The summed E-state index contributed by atoms with van der Waals surface area (Å²) in [4.78, 5) is 23.7. The van der Waals surface area contributed by atoms with Gasteiger partial charge in [0.05, 0.1) is 17.7 Å². The molecule has 3 N–H and O–H groups in total. The van der Waals surface area contributed by atoms with E-state index >= 15 is 0 Å². The third kappa shape index (κ3) is 1.97. The van der Waals surface area contributed by atoms with Gasteiger partial charge in [0.15, 0.2) is 11.6 Å². The number of aromatic nitrogens is 1. The van der Waals surface area contributed by atoms with E-state index in [1.165, 1.54) is 4.57 Å². The van der Waals surface area contributed by atoms with Crippen molar-refractivity contribution in [1.29, 1.82) is 0 Å². The summed E-state index contributed by atoms with van der Waals surface area (Å²) in [6.45, 7) is 3.64. The van der Waals surface area contributed by atoms with Crippen LogP contribution in [0, 0.1) is 11.6 Å². The van der Waals surface area contributed by atoms with E-state index in [2.05, 4.69) is 0 Å². The first-order chi connectivity index (χ1) is 10.7. The van der Waals surface area contributed by atoms with Crippen LogP contribution in [0.5, 0.6) is 5.75 Å². The molecule has 0 unspecified atom stereocenters. The molecule has 1 aliphatic rings. The number of carbonyl (C=O) groups is 1. The van der Waals surface area contributed by atoms with Crippen molar-refractivity contribution in [3.05, 3.63) is 33.6 Å². The zero-order chi connectivity index (χ0) is 17.1. The van der Waals surface area contributed by atoms with Crippen molar-refractivity contribution in [2.24, 2.45) is 0 Å². The number of anilines is 1. The Hall–Kier alpha value is -2.64. The van der Waals surface area contributed by atoms with Crippen LogP contribution in [0.15, 0.2) is 11.0 Å². The molecule has 0 fully saturated rings. The number of rotatable bonds is 1. The van der Waals surface area contributed by atoms with Crippen molar-refractivity contribution in [1.82, 2.24) is 4.57 Å². The number of hydrogen-bond donors (Lipinski definition) is 2. The lowest BCUT2D eigenvalue weighted by molar-refractivity contribution is 0.0694. The van der Waals surface area contributed by atoms with Gasteiger partial charge in [0.1, 0.15) is 11.1 Å². The minimum absolute atomic E-state index is 0.0288. The SMILES string of the molecule is CC1(C)CCOc2c(F)c(F)c(N)c3c(=O)c(C(=O)O)cn1c23. The Morgan fingerprint density at radius 2 is 2.04 bits per heavy atom. The summed E-state index contributed by atoms with van der Waals surface area (Å²) in [6, 6.07) is 0. The minimum atomic E-state index is -1.47. The van der Waals surface area contributed by atoms with Gasteiger partial charge in [0, 0.05) is 18.2 Å². The average molecular weight is 324 g/mol. The van der Waals surface area contributed by atoms with Crippen molar-refractivity contribution in [2.45, 2.75) is 25.8 Å². The molecule has 2 aromatic rings. The van der Waals surface area contributed by atoms with Crippen LogP contribution in [-0.2, 0) is 5.54 Å². The number of benzene rings is 1. The Balaban J connectivity index is 2.67. The van der Waals surface area contributed by atoms with Gasteiger partial charge in [-0.1, -0.05) is 0 Å². The predicted molar refractivity (Wildman–Crippen MR) is 78.9 cm³/mol. The summed E-state index contributed by atoms with van der Waals surface area (Å²) < 4.78 is 35.0. The molecule has 0 radical (unpaired) electrons. The number of hydrogen-bond acceptors (Lipinski definition) is 4. The number of aromatic carboxylic acids is 1. The molecule has 1 aliphatic heterocycles. The number of ether oxygens (including phenoxy) is 1. The number of carboxylic acid groups (broad SMARTS) is 1. The molecule has 122 valence electrons. The van der Waals surface area contributed by atoms with Crippen molar-refractivity contribution in [2.75, 3.05) is 12.3 Å². The van der Waals surface area contributed by atoms with Crippen molar-refractivity contribution < 1.29 is 23.4 Å². The van der Waals surface area contributed by atoms with Crippen LogP contribution in [0.4, 0.5) is 14.5 Å². The van der Waals surface area contributed by atoms with Crippen molar-refractivity contribution >= 4 is 22.6 Å². The van der Waals surface area contributed by atoms with Gasteiger partial charge in [0.2, 0.25) is 11.2 Å². The number of nitrogens with two attached hydrogens (primary N) is 1. The molecule has 0 saturated heterocycles. The molecule has 0 bridgehead atoms. The smallest absolute Gasteiger partial charge is 0.341 e. The first-order valence-electron chi connectivity index (χ1n) is 6.89. The molecular formula is C15H14F2N2O4. The van der Waals surface area contributed by atoms with Gasteiger partial charge in [-0.15, -0.1) is 0 Å². The van der Waals surface area contributed by atoms with E-state index in [9.17, 15) is 23.5 Å². The highest BCUT2D eigenvalue weighted by atomic mass is 19.2. The molecule has 6 nitrogen and oxygen atoms in total. The lowest BCUT2D eigenvalue weighted by Crippen LogP contribution is -2.30. The van der Waals surface area contributed by atoms with Crippen molar-refractivity contribution in [3.8, 4) is 5.75 Å². The quantitative estimate of drug-likeness (QED) is 0.783. The number of halogens is 2. The van der Waals surface area contributed by atoms with E-state index in [-0.39, 0.29) is 17.5 Å². The van der Waals surface area contributed by atoms with Gasteiger partial charge < -0.3 is 20.1 Å². The second kappa shape index (κ2) is 4.68. The Morgan fingerprint density at radius 3 is 2.65 bits per heavy atom. The highest BCUT2D eigenvalue weighted by Crippen LogP contribution is 2.39. The summed E-state index contributed by atoms with van der Waals surface area (Å²) in [5, 5.41) is 8.85. The first kappa shape index (κ1) is 15.3. The lowest BCUT2D eigenvalue weighted by atomic mass is 9.98. The van der Waals surface area contributed by atoms with Gasteiger partial charge >= 0.3 is 5.97 Å². The molecule has 3 rings (SSSR count). The van der Waals surface area contributed by atoms with Crippen LogP contribution in [0.1, 0.15) is 30.6 Å². The zero-order valence-corrected chi connectivity index (χ0v) is 12.4. The predicted octanol–water partition coefficient (Wildman–Crippen LogP) is 2.08. The van der Waals surface area contributed by atoms with Crippen LogP contribution >= 0.6 is 0 Å². The molecule has 0 spiro atoms. The molecular weight excluding hydrogens is 310 g/mol. The second-order valence-corrected chi connectivity index (χ2v) is 6.05. The van der Waals surface area contributed by atoms with E-state index in [0.717, 1.165) is 6.20 Å². The van der Waals surface area contributed by atoms with Crippen molar-refractivity contribution in [3.63, 3.8) is 0 Å². The fourth-order valence-corrected chi connectivity index (χ4v) is 2.80. The monoisotopic (exact) mass is 324 g/mol. The molecule has 0 saturated carbocycles. The zero-order valence-electron chi connectivity index (χ0n) is 12.4. The molecule has 1 aromatic carbocycles. The Kier molecular flexibility index (Phi) is 3.10. The van der Waals surface area contributed by atoms with Gasteiger partial charge in [-0.3, -0.25) is 4.79 Å². The maximum absolute atomic E-state index is 14.2. The summed E-state index contributed by atoms with van der Waals surface area (Å²) in [5.41, 5.74) is 2.61. The fourth-order valence-electron chi connectivity index (χ4n) is 2.80.